The van der Waals surface area contributed by atoms with E-state index in [2.05, 4.69) is 10.6 Å². The zero-order valence-electron chi connectivity index (χ0n) is 34.4. The number of aliphatic hydroxyl groups is 12. The topological polar surface area (TPSA) is 465 Å². The predicted octanol–water partition coefficient (Wildman–Crippen LogP) is -9.67. The first-order valence-corrected chi connectivity index (χ1v) is 20.6. The molecular weight excluding hydrogens is 878 g/mol. The number of ether oxygens (including phenoxy) is 6. The summed E-state index contributed by atoms with van der Waals surface area (Å²) in [6.45, 7) is -2.04. The number of hydrogen-bond donors (Lipinski definition) is 17. The number of carbonyl (C=O) groups is 2. The summed E-state index contributed by atoms with van der Waals surface area (Å²) >= 11 is 0. The molecule has 0 unspecified atom stereocenters. The van der Waals surface area contributed by atoms with Gasteiger partial charge in [-0.15, -0.1) is 0 Å². The molecule has 3 saturated heterocycles. The number of nitrogens with one attached hydrogen (secondary N) is 2. The molecule has 65 heavy (non-hydrogen) atoms. The van der Waals surface area contributed by atoms with Gasteiger partial charge in [0.15, 0.2) is 12.6 Å². The molecule has 1 aromatic heterocycles. The highest BCUT2D eigenvalue weighted by Gasteiger charge is 2.54. The molecule has 20 N–H and O–H groups in total. The van der Waals surface area contributed by atoms with E-state index in [-0.39, 0.29) is 36.2 Å². The number of rotatable bonds is 15. The van der Waals surface area contributed by atoms with Crippen molar-refractivity contribution in [2.45, 2.75) is 141 Å². The summed E-state index contributed by atoms with van der Waals surface area (Å²) in [5.74, 6) is -2.26. The van der Waals surface area contributed by atoms with Crippen molar-refractivity contribution in [1.82, 2.24) is 10.6 Å². The molecule has 0 bridgehead atoms. The Morgan fingerprint density at radius 3 is 1.88 bits per heavy atom. The van der Waals surface area contributed by atoms with Crippen LogP contribution in [0.4, 0.5) is 0 Å². The monoisotopic (exact) mass is 935 g/mol. The van der Waals surface area contributed by atoms with Crippen LogP contribution in [0.3, 0.4) is 0 Å². The van der Waals surface area contributed by atoms with E-state index in [1.807, 2.05) is 0 Å². The van der Waals surface area contributed by atoms with Crippen LogP contribution >= 0.6 is 0 Å². The maximum absolute atomic E-state index is 14.1. The summed E-state index contributed by atoms with van der Waals surface area (Å²) in [6.07, 6.45) is -31.5. The standard InChI is InChI=1S/C38H57N5O22/c39-4-3-16(46)34(57)43-15-7-14(42-33(56)13-5-11-1-2-12(6-17(11)60-35(13)58)59-37-28(53)27(52)24(49)20(10-45)63-37)31(64-36-25(50)21(41)22(47)19(9-44)62-36)30(55)32(15)65-38-29(54)26(51)23(48)18(8-40)61-38/h1-2,5-6,14-16,18-32,36-38,44-55H,3-4,7-10,39-41H2,(H,42,56)(H,43,57)/t14-,15+,16+,18-,19-,20-,21+,22-,23-,24+,25-,26+,27+,28-,29-,30-,31+,32-,36-,37-,38-/m1/s1. The minimum absolute atomic E-state index is 0.0713. The Morgan fingerprint density at radius 2 is 1.26 bits per heavy atom. The third kappa shape index (κ3) is 10.7. The molecule has 0 spiro atoms. The fraction of sp³-hybridized carbons (Fsp3) is 0.711. The van der Waals surface area contributed by atoms with Gasteiger partial charge in [-0.1, -0.05) is 0 Å². The number of fused-ring (bicyclic) bond motifs is 1. The highest BCUT2D eigenvalue weighted by atomic mass is 16.7. The average Bonchev–Trinajstić information content (AvgIpc) is 3.28. The first-order valence-electron chi connectivity index (χ1n) is 20.6. The minimum atomic E-state index is -2.08. The van der Waals surface area contributed by atoms with Crippen LogP contribution in [-0.2, 0) is 28.5 Å². The molecule has 1 saturated carbocycles. The zero-order valence-corrected chi connectivity index (χ0v) is 34.4. The van der Waals surface area contributed by atoms with Crippen LogP contribution in [0, 0.1) is 0 Å². The third-order valence-corrected chi connectivity index (χ3v) is 11.8. The molecule has 4 heterocycles. The van der Waals surface area contributed by atoms with Gasteiger partial charge in [-0.05, 0) is 37.6 Å². The average molecular weight is 936 g/mol. The Bertz CT molecular complexity index is 1980. The number of nitrogens with two attached hydrogens (primary N) is 3. The van der Waals surface area contributed by atoms with Crippen molar-refractivity contribution in [3.05, 3.63) is 40.2 Å². The number of carbonyl (C=O) groups excluding carboxylic acids is 2. The lowest BCUT2D eigenvalue weighted by atomic mass is 9.82. The molecule has 21 atom stereocenters. The molecule has 1 aliphatic carbocycles. The van der Waals surface area contributed by atoms with E-state index in [1.165, 1.54) is 18.2 Å². The molecule has 2 aromatic rings. The Balaban J connectivity index is 1.32. The highest BCUT2D eigenvalue weighted by Crippen LogP contribution is 2.34. The Kier molecular flexibility index (Phi) is 16.8. The summed E-state index contributed by atoms with van der Waals surface area (Å²) in [7, 11) is 0. The summed E-state index contributed by atoms with van der Waals surface area (Å²) < 4.78 is 39.6. The van der Waals surface area contributed by atoms with Crippen molar-refractivity contribution in [3.8, 4) is 5.75 Å². The van der Waals surface area contributed by atoms with Crippen LogP contribution in [0.2, 0.25) is 0 Å². The van der Waals surface area contributed by atoms with E-state index in [0.717, 1.165) is 6.07 Å². The fourth-order valence-corrected chi connectivity index (χ4v) is 8.04. The van der Waals surface area contributed by atoms with Gasteiger partial charge in [0.05, 0.1) is 31.3 Å². The van der Waals surface area contributed by atoms with Crippen LogP contribution in [0.5, 0.6) is 5.75 Å². The molecule has 4 fully saturated rings. The van der Waals surface area contributed by atoms with Crippen molar-refractivity contribution in [2.24, 2.45) is 17.2 Å². The van der Waals surface area contributed by atoms with Crippen molar-refractivity contribution in [2.75, 3.05) is 26.3 Å². The van der Waals surface area contributed by atoms with Crippen LogP contribution in [0.15, 0.2) is 33.5 Å². The van der Waals surface area contributed by atoms with Crippen LogP contribution in [0.1, 0.15) is 23.2 Å². The number of benzene rings is 1. The lowest BCUT2D eigenvalue weighted by Crippen LogP contribution is -2.70. The molecule has 6 rings (SSSR count). The summed E-state index contributed by atoms with van der Waals surface area (Å²) in [5.41, 5.74) is 15.2. The third-order valence-electron chi connectivity index (χ3n) is 11.8. The molecule has 0 radical (unpaired) electrons. The molecule has 27 heteroatoms. The van der Waals surface area contributed by atoms with Crippen LogP contribution in [0.25, 0.3) is 11.0 Å². The van der Waals surface area contributed by atoms with Gasteiger partial charge in [-0.25, -0.2) is 4.79 Å². The van der Waals surface area contributed by atoms with Crippen LogP contribution in [-0.4, -0.2) is 228 Å². The Morgan fingerprint density at radius 1 is 0.708 bits per heavy atom. The summed E-state index contributed by atoms with van der Waals surface area (Å²) in [5, 5.41) is 131. The highest BCUT2D eigenvalue weighted by molar-refractivity contribution is 5.97. The Labute approximate surface area is 367 Å². The number of amides is 2. The lowest BCUT2D eigenvalue weighted by Gasteiger charge is -2.49. The van der Waals surface area contributed by atoms with E-state index in [4.69, 9.17) is 50.0 Å². The number of hydrogen-bond acceptors (Lipinski definition) is 25. The summed E-state index contributed by atoms with van der Waals surface area (Å²) in [6, 6.07) is 0.493. The molecule has 3 aliphatic heterocycles. The molecule has 4 aliphatic rings. The normalized spacial score (nSPS) is 40.5. The number of aliphatic hydroxyl groups excluding tert-OH is 12. The lowest BCUT2D eigenvalue weighted by molar-refractivity contribution is -0.333. The molecule has 2 amide bonds. The van der Waals surface area contributed by atoms with Gasteiger partial charge in [0.1, 0.15) is 108 Å². The molecular formula is C38H57N5O22. The second kappa shape index (κ2) is 21.5. The largest absolute Gasteiger partial charge is 0.462 e. The van der Waals surface area contributed by atoms with E-state index < -0.39 is 171 Å². The van der Waals surface area contributed by atoms with Gasteiger partial charge >= 0.3 is 5.63 Å². The van der Waals surface area contributed by atoms with Gasteiger partial charge in [-0.3, -0.25) is 9.59 Å². The molecule has 27 nitrogen and oxygen atoms in total. The van der Waals surface area contributed by atoms with E-state index in [0.29, 0.717) is 0 Å². The van der Waals surface area contributed by atoms with Gasteiger partial charge < -0.3 is 122 Å². The molecule has 1 aromatic carbocycles. The SMILES string of the molecule is NCC[C@H](O)C(=O)N[C@H]1C[C@@H](NC(=O)c2cc3ccc(O[C@@H]4O[C@H](CO)[C@H](O)[C@H](O)[C@H]4O)cc3oc2=O)[C@H](O[C@H]2O[C@H](CO)[C@@H](O)[C@H](N)[C@H]2O)[C@@H](O)[C@@H]1O[C@H]1O[C@H](CN)[C@@H](O)[C@H](O)[C@H]1O. The van der Waals surface area contributed by atoms with Crippen LogP contribution < -0.4 is 38.2 Å². The van der Waals surface area contributed by atoms with E-state index in [1.54, 1.807) is 0 Å². The van der Waals surface area contributed by atoms with Crippen molar-refractivity contribution in [3.63, 3.8) is 0 Å². The van der Waals surface area contributed by atoms with Gasteiger partial charge in [-0.2, -0.15) is 0 Å². The van der Waals surface area contributed by atoms with E-state index >= 15 is 0 Å². The second-order valence-corrected chi connectivity index (χ2v) is 16.2. The van der Waals surface area contributed by atoms with Crippen molar-refractivity contribution >= 4 is 22.8 Å². The quantitative estimate of drug-likeness (QED) is 0.0737. The maximum atomic E-state index is 14.1. The minimum Gasteiger partial charge on any atom is -0.462 e. The zero-order chi connectivity index (χ0) is 47.6. The predicted molar refractivity (Wildman–Crippen MR) is 212 cm³/mol. The maximum Gasteiger partial charge on any atom is 0.349 e. The van der Waals surface area contributed by atoms with Gasteiger partial charge in [0.2, 0.25) is 12.2 Å². The van der Waals surface area contributed by atoms with Gasteiger partial charge in [0.25, 0.3) is 5.91 Å². The summed E-state index contributed by atoms with van der Waals surface area (Å²) in [4.78, 5) is 40.7. The fourth-order valence-electron chi connectivity index (χ4n) is 8.04. The van der Waals surface area contributed by atoms with Gasteiger partial charge in [0, 0.05) is 18.0 Å². The second-order valence-electron chi connectivity index (χ2n) is 16.2. The first-order chi connectivity index (χ1) is 30.8. The molecule has 366 valence electrons. The van der Waals surface area contributed by atoms with E-state index in [9.17, 15) is 75.7 Å². The Hall–Kier alpha value is -3.63. The van der Waals surface area contributed by atoms with Crippen molar-refractivity contribution < 1.29 is 104 Å². The first kappa shape index (κ1) is 50.8. The smallest absolute Gasteiger partial charge is 0.349 e. The van der Waals surface area contributed by atoms with Crippen molar-refractivity contribution in [1.29, 1.82) is 0 Å².